The van der Waals surface area contributed by atoms with E-state index in [0.717, 1.165) is 64.2 Å². The van der Waals surface area contributed by atoms with E-state index in [9.17, 15) is 20.4 Å². The van der Waals surface area contributed by atoms with Gasteiger partial charge >= 0.3 is 0 Å². The minimum Gasteiger partial charge on any atom is -0.396 e. The summed E-state index contributed by atoms with van der Waals surface area (Å²) in [7, 11) is 0. The Morgan fingerprint density at radius 3 is 2.17 bits per heavy atom. The number of aliphatic hydroxyl groups excluding tert-OH is 4. The van der Waals surface area contributed by atoms with Crippen molar-refractivity contribution < 1.29 is 25.2 Å². The maximum atomic E-state index is 12.0. The minimum absolute atomic E-state index is 0.0644. The van der Waals surface area contributed by atoms with E-state index in [4.69, 9.17) is 4.74 Å². The number of hydrogen-bond donors (Lipinski definition) is 4. The number of rotatable bonds is 3. The highest BCUT2D eigenvalue weighted by molar-refractivity contribution is 5.18. The Bertz CT molecular complexity index is 794. The average Bonchev–Trinajstić information content (AvgIpc) is 2.85. The van der Waals surface area contributed by atoms with E-state index in [1.807, 2.05) is 0 Å². The van der Waals surface area contributed by atoms with Gasteiger partial charge in [-0.15, -0.1) is 0 Å². The van der Waals surface area contributed by atoms with Gasteiger partial charge in [0.25, 0.3) is 0 Å². The monoisotopic (exact) mass is 492 g/mol. The summed E-state index contributed by atoms with van der Waals surface area (Å²) in [6.07, 6.45) is 9.69. The van der Waals surface area contributed by atoms with Gasteiger partial charge in [0.2, 0.25) is 0 Å². The summed E-state index contributed by atoms with van der Waals surface area (Å²) < 4.78 is 6.30. The third kappa shape index (κ3) is 3.43. The molecule has 202 valence electrons. The van der Waals surface area contributed by atoms with Crippen LogP contribution in [0.25, 0.3) is 0 Å². The standard InChI is InChI=1S/C30H52O5/c1-19(16-31)21-8-13-30(18-35-21)15-14-28(4)20(25(30)34)6-7-23-26(2)11-10-24(33)27(3,17-32)22(26)9-12-29(23,28)5/h19-25,31-34H,6-18H2,1-5H3/t19-,20+,21-,22-,23+,24-,25+,26-,27-,28+,29+,30+/m0/s1. The van der Waals surface area contributed by atoms with Gasteiger partial charge in [-0.2, -0.15) is 0 Å². The first-order valence-corrected chi connectivity index (χ1v) is 14.6. The van der Waals surface area contributed by atoms with Crippen LogP contribution in [0.2, 0.25) is 0 Å². The van der Waals surface area contributed by atoms with Gasteiger partial charge in [-0.3, -0.25) is 0 Å². The second-order valence-electron chi connectivity index (χ2n) is 14.7. The topological polar surface area (TPSA) is 90.2 Å². The van der Waals surface area contributed by atoms with Crippen molar-refractivity contribution >= 4 is 0 Å². The first-order valence-electron chi connectivity index (χ1n) is 14.6. The molecule has 1 spiro atoms. The van der Waals surface area contributed by atoms with E-state index in [2.05, 4.69) is 34.6 Å². The van der Waals surface area contributed by atoms with Crippen molar-refractivity contribution in [1.29, 1.82) is 0 Å². The molecule has 0 aromatic rings. The fourth-order valence-corrected chi connectivity index (χ4v) is 10.9. The van der Waals surface area contributed by atoms with Crippen LogP contribution in [0.15, 0.2) is 0 Å². The molecule has 5 nitrogen and oxygen atoms in total. The lowest BCUT2D eigenvalue weighted by Crippen LogP contribution is -2.68. The third-order valence-corrected chi connectivity index (χ3v) is 13.6. The van der Waals surface area contributed by atoms with Gasteiger partial charge < -0.3 is 25.2 Å². The fourth-order valence-electron chi connectivity index (χ4n) is 10.9. The van der Waals surface area contributed by atoms with Crippen molar-refractivity contribution in [2.75, 3.05) is 19.8 Å². The van der Waals surface area contributed by atoms with E-state index in [-0.39, 0.29) is 53.0 Å². The Balaban J connectivity index is 1.41. The Labute approximate surface area is 213 Å². The summed E-state index contributed by atoms with van der Waals surface area (Å²) in [5, 5.41) is 42.9. The Hall–Kier alpha value is -0.200. The van der Waals surface area contributed by atoms with E-state index in [1.165, 1.54) is 0 Å². The summed E-state index contributed by atoms with van der Waals surface area (Å²) in [5.41, 5.74) is -0.171. The van der Waals surface area contributed by atoms with Crippen molar-refractivity contribution in [1.82, 2.24) is 0 Å². The smallest absolute Gasteiger partial charge is 0.0652 e. The summed E-state index contributed by atoms with van der Waals surface area (Å²) in [6.45, 7) is 12.5. The SMILES string of the molecule is C[C@@H](CO)[C@@H]1CC[C@@]2(CC[C@]3(C)[C@H](CC[C@@H]4[C@@]5(C)CC[C@H](O)[C@@](C)(CO)[C@H]5CC[C@]43C)[C@H]2O)CO1. The molecule has 12 atom stereocenters. The highest BCUT2D eigenvalue weighted by atomic mass is 16.5. The molecule has 35 heavy (non-hydrogen) atoms. The maximum absolute atomic E-state index is 12.0. The third-order valence-electron chi connectivity index (χ3n) is 13.6. The molecule has 5 rings (SSSR count). The van der Waals surface area contributed by atoms with Crippen molar-refractivity contribution in [3.63, 3.8) is 0 Å². The zero-order chi connectivity index (χ0) is 25.4. The molecule has 4 aliphatic carbocycles. The fraction of sp³-hybridized carbons (Fsp3) is 1.00. The number of ether oxygens (including phenoxy) is 1. The first-order chi connectivity index (χ1) is 16.4. The highest BCUT2D eigenvalue weighted by Crippen LogP contribution is 2.75. The number of aliphatic hydroxyl groups is 4. The number of hydrogen-bond acceptors (Lipinski definition) is 5. The molecule has 1 aliphatic heterocycles. The summed E-state index contributed by atoms with van der Waals surface area (Å²) >= 11 is 0. The second-order valence-corrected chi connectivity index (χ2v) is 14.7. The predicted octanol–water partition coefficient (Wildman–Crippen LogP) is 4.54. The molecular weight excluding hydrogens is 440 g/mol. The van der Waals surface area contributed by atoms with Gasteiger partial charge in [0, 0.05) is 23.4 Å². The van der Waals surface area contributed by atoms with E-state index in [1.54, 1.807) is 0 Å². The van der Waals surface area contributed by atoms with Crippen molar-refractivity contribution in [2.24, 2.45) is 50.7 Å². The van der Waals surface area contributed by atoms with E-state index in [0.29, 0.717) is 24.4 Å². The lowest BCUT2D eigenvalue weighted by Gasteiger charge is -2.72. The lowest BCUT2D eigenvalue weighted by molar-refractivity contribution is -0.271. The van der Waals surface area contributed by atoms with Crippen LogP contribution in [0.4, 0.5) is 0 Å². The Morgan fingerprint density at radius 2 is 1.54 bits per heavy atom. The van der Waals surface area contributed by atoms with Crippen LogP contribution in [-0.4, -0.2) is 58.6 Å². The van der Waals surface area contributed by atoms with Gasteiger partial charge in [0.05, 0.1) is 31.5 Å². The molecule has 0 aromatic carbocycles. The highest BCUT2D eigenvalue weighted by Gasteiger charge is 2.70. The van der Waals surface area contributed by atoms with Gasteiger partial charge in [-0.25, -0.2) is 0 Å². The first kappa shape index (κ1) is 26.4. The summed E-state index contributed by atoms with van der Waals surface area (Å²) in [6, 6.07) is 0. The van der Waals surface area contributed by atoms with E-state index >= 15 is 0 Å². The molecular formula is C30H52O5. The van der Waals surface area contributed by atoms with Crippen molar-refractivity contribution in [2.45, 2.75) is 117 Å². The predicted molar refractivity (Wildman–Crippen MR) is 137 cm³/mol. The molecule has 5 heteroatoms. The van der Waals surface area contributed by atoms with Crippen LogP contribution in [-0.2, 0) is 4.74 Å². The average molecular weight is 493 g/mol. The molecule has 1 saturated heterocycles. The molecule has 0 radical (unpaired) electrons. The molecule has 0 amide bonds. The van der Waals surface area contributed by atoms with Crippen LogP contribution in [0, 0.1) is 50.7 Å². The number of fused-ring (bicyclic) bond motifs is 5. The minimum atomic E-state index is -0.415. The van der Waals surface area contributed by atoms with Gasteiger partial charge in [0.1, 0.15) is 0 Å². The molecule has 4 saturated carbocycles. The van der Waals surface area contributed by atoms with E-state index < -0.39 is 11.5 Å². The van der Waals surface area contributed by atoms with Crippen LogP contribution in [0.3, 0.4) is 0 Å². The van der Waals surface area contributed by atoms with Crippen LogP contribution in [0.5, 0.6) is 0 Å². The second kappa shape index (κ2) is 8.66. The summed E-state index contributed by atoms with van der Waals surface area (Å²) in [4.78, 5) is 0. The van der Waals surface area contributed by atoms with Crippen molar-refractivity contribution in [3.05, 3.63) is 0 Å². The molecule has 0 aromatic heterocycles. The van der Waals surface area contributed by atoms with Crippen LogP contribution >= 0.6 is 0 Å². The zero-order valence-corrected chi connectivity index (χ0v) is 22.9. The molecule has 5 fully saturated rings. The van der Waals surface area contributed by atoms with Crippen molar-refractivity contribution in [3.8, 4) is 0 Å². The molecule has 4 N–H and O–H groups in total. The van der Waals surface area contributed by atoms with Gasteiger partial charge in [-0.1, -0.05) is 34.6 Å². The van der Waals surface area contributed by atoms with Crippen LogP contribution < -0.4 is 0 Å². The molecule has 0 bridgehead atoms. The largest absolute Gasteiger partial charge is 0.396 e. The quantitative estimate of drug-likeness (QED) is 0.464. The molecule has 0 unspecified atom stereocenters. The lowest BCUT2D eigenvalue weighted by atomic mass is 9.33. The molecule has 5 aliphatic rings. The maximum Gasteiger partial charge on any atom is 0.0652 e. The van der Waals surface area contributed by atoms with Crippen LogP contribution in [0.1, 0.15) is 98.8 Å². The normalized spacial score (nSPS) is 57.2. The Morgan fingerprint density at radius 1 is 0.800 bits per heavy atom. The Kier molecular flexibility index (Phi) is 6.53. The van der Waals surface area contributed by atoms with Gasteiger partial charge in [0.15, 0.2) is 0 Å². The zero-order valence-electron chi connectivity index (χ0n) is 22.9. The summed E-state index contributed by atoms with van der Waals surface area (Å²) in [5.74, 6) is 1.36. The molecule has 1 heterocycles. The van der Waals surface area contributed by atoms with Gasteiger partial charge in [-0.05, 0) is 98.2 Å².